The smallest absolute Gasteiger partial charge is 0.475 e. The van der Waals surface area contributed by atoms with E-state index in [1.807, 2.05) is 0 Å². The molecule has 0 unspecified atom stereocenters. The van der Waals surface area contributed by atoms with Gasteiger partial charge in [0.1, 0.15) is 0 Å². The number of rotatable bonds is 13. The van der Waals surface area contributed by atoms with Crippen LogP contribution in [-0.4, -0.2) is 83.4 Å². The van der Waals surface area contributed by atoms with Crippen molar-refractivity contribution in [2.24, 2.45) is 5.73 Å². The van der Waals surface area contributed by atoms with Crippen LogP contribution in [0.15, 0.2) is 6.07 Å². The Hall–Kier alpha value is -1.77. The van der Waals surface area contributed by atoms with Crippen molar-refractivity contribution >= 4 is 5.97 Å². The van der Waals surface area contributed by atoms with Gasteiger partial charge in [0, 0.05) is 6.54 Å². The third kappa shape index (κ3) is 12.6. The summed E-state index contributed by atoms with van der Waals surface area (Å²) in [7, 11) is 0. The van der Waals surface area contributed by atoms with E-state index >= 15 is 0 Å². The lowest BCUT2D eigenvalue weighted by atomic mass is 10.4. The minimum absolute atomic E-state index is 0.112. The summed E-state index contributed by atoms with van der Waals surface area (Å²) < 4.78 is 49.3. The molecule has 0 spiro atoms. The molecule has 0 aliphatic carbocycles. The Morgan fingerprint density at radius 3 is 1.96 bits per heavy atom. The predicted octanol–water partition coefficient (Wildman–Crippen LogP) is -0.490. The number of hydrogen-bond donors (Lipinski definition) is 4. The number of aliphatic hydroxyl groups is 2. The van der Waals surface area contributed by atoms with E-state index in [4.69, 9.17) is 40.1 Å². The number of carbonyl (C=O) groups is 1. The number of ether oxygens (including phenoxy) is 3. The fourth-order valence-corrected chi connectivity index (χ4v) is 1.69. The Bertz CT molecular complexity index is 541. The van der Waals surface area contributed by atoms with Crippen LogP contribution in [0.3, 0.4) is 0 Å². The number of carboxylic acids is 1. The van der Waals surface area contributed by atoms with Gasteiger partial charge in [0.25, 0.3) is 0 Å². The van der Waals surface area contributed by atoms with E-state index in [-0.39, 0.29) is 13.2 Å². The van der Waals surface area contributed by atoms with Crippen LogP contribution in [0.1, 0.15) is 11.4 Å². The molecule has 164 valence electrons. The number of aromatic nitrogens is 2. The van der Waals surface area contributed by atoms with E-state index in [0.29, 0.717) is 64.1 Å². The highest BCUT2D eigenvalue weighted by Crippen LogP contribution is 2.13. The van der Waals surface area contributed by atoms with Crippen LogP contribution in [0, 0.1) is 0 Å². The van der Waals surface area contributed by atoms with E-state index in [2.05, 4.69) is 5.10 Å². The Balaban J connectivity index is 0.000000887. The largest absolute Gasteiger partial charge is 0.490 e. The minimum atomic E-state index is -5.08. The highest BCUT2D eigenvalue weighted by Gasteiger charge is 2.38. The molecule has 0 bridgehead atoms. The molecule has 0 radical (unpaired) electrons. The van der Waals surface area contributed by atoms with Crippen molar-refractivity contribution in [3.8, 4) is 0 Å². The van der Waals surface area contributed by atoms with E-state index < -0.39 is 12.1 Å². The van der Waals surface area contributed by atoms with Crippen LogP contribution in [-0.2, 0) is 38.8 Å². The van der Waals surface area contributed by atoms with Crippen LogP contribution in [0.5, 0.6) is 0 Å². The summed E-state index contributed by atoms with van der Waals surface area (Å²) in [5.41, 5.74) is 6.49. The van der Waals surface area contributed by atoms with Crippen molar-refractivity contribution in [2.75, 3.05) is 46.2 Å². The standard InChI is InChI=1S/C13H25N3O5.C2HF3O2/c14-1-3-19-5-7-21-8-6-20-4-2-16-13(11-18)9-12(10-17)15-16;3-2(4,5)1(6)7/h9,17-18H,1-8,10-11,14H2;(H,6,7). The van der Waals surface area contributed by atoms with Gasteiger partial charge in [0.2, 0.25) is 0 Å². The number of aliphatic carboxylic acids is 1. The maximum Gasteiger partial charge on any atom is 0.490 e. The average molecular weight is 417 g/mol. The van der Waals surface area contributed by atoms with Gasteiger partial charge in [-0.2, -0.15) is 18.3 Å². The Morgan fingerprint density at radius 1 is 1.04 bits per heavy atom. The minimum Gasteiger partial charge on any atom is -0.475 e. The van der Waals surface area contributed by atoms with Gasteiger partial charge < -0.3 is 35.3 Å². The van der Waals surface area contributed by atoms with Gasteiger partial charge in [-0.05, 0) is 6.07 Å². The summed E-state index contributed by atoms with van der Waals surface area (Å²) in [6, 6.07) is 1.67. The van der Waals surface area contributed by atoms with Crippen molar-refractivity contribution in [3.63, 3.8) is 0 Å². The molecule has 5 N–H and O–H groups in total. The lowest BCUT2D eigenvalue weighted by Crippen LogP contribution is -2.21. The van der Waals surface area contributed by atoms with Gasteiger partial charge in [0.05, 0.1) is 70.8 Å². The van der Waals surface area contributed by atoms with E-state index in [9.17, 15) is 13.2 Å². The number of aliphatic hydroxyl groups excluding tert-OH is 2. The van der Waals surface area contributed by atoms with Gasteiger partial charge >= 0.3 is 12.1 Å². The molecule has 28 heavy (non-hydrogen) atoms. The van der Waals surface area contributed by atoms with Gasteiger partial charge in [-0.25, -0.2) is 4.79 Å². The zero-order chi connectivity index (χ0) is 21.4. The molecule has 1 rings (SSSR count). The van der Waals surface area contributed by atoms with Gasteiger partial charge in [0.15, 0.2) is 0 Å². The maximum atomic E-state index is 10.6. The SMILES string of the molecule is NCCOCCOCCOCCn1nc(CO)cc1CO.O=C(O)C(F)(F)F. The average Bonchev–Trinajstić information content (AvgIpc) is 3.05. The number of carboxylic acid groups (broad SMARTS) is 1. The molecule has 13 heteroatoms. The van der Waals surface area contributed by atoms with Crippen molar-refractivity contribution in [1.82, 2.24) is 9.78 Å². The molecule has 0 saturated heterocycles. The summed E-state index contributed by atoms with van der Waals surface area (Å²) in [5, 5.41) is 29.4. The predicted molar refractivity (Wildman–Crippen MR) is 89.3 cm³/mol. The molecular formula is C15H26F3N3O7. The van der Waals surface area contributed by atoms with Crippen LogP contribution < -0.4 is 5.73 Å². The molecule has 0 fully saturated rings. The number of halogens is 3. The highest BCUT2D eigenvalue weighted by atomic mass is 19.4. The molecular weight excluding hydrogens is 391 g/mol. The number of hydrogen-bond acceptors (Lipinski definition) is 8. The zero-order valence-corrected chi connectivity index (χ0v) is 15.2. The second kappa shape index (κ2) is 15.2. The normalized spacial score (nSPS) is 11.2. The quantitative estimate of drug-likeness (QED) is 0.312. The first-order valence-corrected chi connectivity index (χ1v) is 8.27. The first-order valence-electron chi connectivity index (χ1n) is 8.27. The van der Waals surface area contributed by atoms with Crippen LogP contribution in [0.25, 0.3) is 0 Å². The molecule has 1 aromatic heterocycles. The fourth-order valence-electron chi connectivity index (χ4n) is 1.69. The summed E-state index contributed by atoms with van der Waals surface area (Å²) in [6.07, 6.45) is -5.08. The number of nitrogens with zero attached hydrogens (tertiary/aromatic N) is 2. The molecule has 1 aromatic rings. The summed E-state index contributed by atoms with van der Waals surface area (Å²) in [6.45, 7) is 3.85. The van der Waals surface area contributed by atoms with Crippen LogP contribution in [0.2, 0.25) is 0 Å². The molecule has 0 aliphatic heterocycles. The van der Waals surface area contributed by atoms with Gasteiger partial charge in [-0.15, -0.1) is 0 Å². The van der Waals surface area contributed by atoms with E-state index in [1.54, 1.807) is 10.7 Å². The molecule has 0 atom stereocenters. The van der Waals surface area contributed by atoms with E-state index in [0.717, 1.165) is 0 Å². The highest BCUT2D eigenvalue weighted by molar-refractivity contribution is 5.73. The van der Waals surface area contributed by atoms with Crippen molar-refractivity contribution in [1.29, 1.82) is 0 Å². The molecule has 0 aliphatic rings. The van der Waals surface area contributed by atoms with Crippen LogP contribution in [0.4, 0.5) is 13.2 Å². The number of alkyl halides is 3. The molecule has 0 amide bonds. The topological polar surface area (TPSA) is 149 Å². The second-order valence-electron chi connectivity index (χ2n) is 5.10. The summed E-state index contributed by atoms with van der Waals surface area (Å²) in [4.78, 5) is 8.90. The van der Waals surface area contributed by atoms with Gasteiger partial charge in [-0.3, -0.25) is 4.68 Å². The zero-order valence-electron chi connectivity index (χ0n) is 15.2. The van der Waals surface area contributed by atoms with Crippen molar-refractivity contribution in [3.05, 3.63) is 17.5 Å². The lowest BCUT2D eigenvalue weighted by Gasteiger charge is -2.08. The summed E-state index contributed by atoms with van der Waals surface area (Å²) >= 11 is 0. The molecule has 1 heterocycles. The molecule has 0 saturated carbocycles. The third-order valence-electron chi connectivity index (χ3n) is 2.93. The van der Waals surface area contributed by atoms with E-state index in [1.165, 1.54) is 0 Å². The molecule has 10 nitrogen and oxygen atoms in total. The Morgan fingerprint density at radius 2 is 1.54 bits per heavy atom. The third-order valence-corrected chi connectivity index (χ3v) is 2.93. The maximum absolute atomic E-state index is 10.6. The van der Waals surface area contributed by atoms with Gasteiger partial charge in [-0.1, -0.05) is 0 Å². The first-order chi connectivity index (χ1) is 13.3. The lowest BCUT2D eigenvalue weighted by molar-refractivity contribution is -0.192. The van der Waals surface area contributed by atoms with Crippen molar-refractivity contribution < 1.29 is 47.5 Å². The Kier molecular flexibility index (Phi) is 14.2. The Labute approximate surface area is 159 Å². The van der Waals surface area contributed by atoms with Crippen LogP contribution >= 0.6 is 0 Å². The number of nitrogens with two attached hydrogens (primary N) is 1. The first kappa shape index (κ1) is 26.2. The van der Waals surface area contributed by atoms with Crippen molar-refractivity contribution in [2.45, 2.75) is 25.9 Å². The monoisotopic (exact) mass is 417 g/mol. The second-order valence-corrected chi connectivity index (χ2v) is 5.10. The fraction of sp³-hybridized carbons (Fsp3) is 0.733. The summed E-state index contributed by atoms with van der Waals surface area (Å²) in [5.74, 6) is -2.76. The molecule has 0 aromatic carbocycles.